The van der Waals surface area contributed by atoms with Gasteiger partial charge in [-0.3, -0.25) is 9.69 Å². The predicted octanol–water partition coefficient (Wildman–Crippen LogP) is 3.56. The van der Waals surface area contributed by atoms with Crippen molar-refractivity contribution in [2.45, 2.75) is 59.0 Å². The molecular formula is C21H30N4O2. The Bertz CT molecular complexity index is 758. The SMILES string of the molecule is CCCC(C)NC(=O)C1CCCN(Cc2nc(-c3ccccc3C)no2)C1. The second kappa shape index (κ2) is 9.13. The van der Waals surface area contributed by atoms with Gasteiger partial charge in [0.2, 0.25) is 17.6 Å². The Balaban J connectivity index is 1.58. The lowest BCUT2D eigenvalue weighted by Gasteiger charge is -2.31. The fraction of sp³-hybridized carbons (Fsp3) is 0.571. The zero-order chi connectivity index (χ0) is 19.2. The highest BCUT2D eigenvalue weighted by Crippen LogP contribution is 2.22. The molecule has 27 heavy (non-hydrogen) atoms. The summed E-state index contributed by atoms with van der Waals surface area (Å²) in [6.45, 7) is 8.54. The van der Waals surface area contributed by atoms with Crippen molar-refractivity contribution >= 4 is 5.91 Å². The Hall–Kier alpha value is -2.21. The van der Waals surface area contributed by atoms with Gasteiger partial charge in [-0.25, -0.2) is 0 Å². The van der Waals surface area contributed by atoms with Crippen LogP contribution in [-0.2, 0) is 11.3 Å². The van der Waals surface area contributed by atoms with Crippen molar-refractivity contribution < 1.29 is 9.32 Å². The molecule has 1 aliphatic rings. The fourth-order valence-electron chi connectivity index (χ4n) is 3.72. The summed E-state index contributed by atoms with van der Waals surface area (Å²) in [6.07, 6.45) is 4.06. The maximum atomic E-state index is 12.5. The topological polar surface area (TPSA) is 71.3 Å². The third-order valence-electron chi connectivity index (χ3n) is 5.20. The molecule has 1 fully saturated rings. The largest absolute Gasteiger partial charge is 0.353 e. The van der Waals surface area contributed by atoms with Gasteiger partial charge in [-0.1, -0.05) is 42.8 Å². The van der Waals surface area contributed by atoms with E-state index in [0.29, 0.717) is 18.3 Å². The molecule has 0 radical (unpaired) electrons. The summed E-state index contributed by atoms with van der Waals surface area (Å²) in [5.74, 6) is 1.44. The Labute approximate surface area is 161 Å². The molecular weight excluding hydrogens is 340 g/mol. The molecule has 0 aliphatic carbocycles. The molecule has 2 atom stereocenters. The summed E-state index contributed by atoms with van der Waals surface area (Å²) in [4.78, 5) is 19.3. The predicted molar refractivity (Wildman–Crippen MR) is 105 cm³/mol. The van der Waals surface area contributed by atoms with Crippen LogP contribution in [-0.4, -0.2) is 40.1 Å². The van der Waals surface area contributed by atoms with Crippen LogP contribution < -0.4 is 5.32 Å². The molecule has 3 rings (SSSR count). The number of carbonyl (C=O) groups is 1. The van der Waals surface area contributed by atoms with Crippen molar-refractivity contribution in [3.05, 3.63) is 35.7 Å². The molecule has 2 aromatic rings. The highest BCUT2D eigenvalue weighted by molar-refractivity contribution is 5.79. The normalized spacial score (nSPS) is 19.0. The maximum Gasteiger partial charge on any atom is 0.241 e. The minimum atomic E-state index is 0.0387. The number of aromatic nitrogens is 2. The smallest absolute Gasteiger partial charge is 0.241 e. The van der Waals surface area contributed by atoms with Crippen LogP contribution in [0.5, 0.6) is 0 Å². The zero-order valence-electron chi connectivity index (χ0n) is 16.6. The van der Waals surface area contributed by atoms with E-state index in [-0.39, 0.29) is 17.9 Å². The van der Waals surface area contributed by atoms with Gasteiger partial charge < -0.3 is 9.84 Å². The molecule has 2 heterocycles. The molecule has 1 aliphatic heterocycles. The highest BCUT2D eigenvalue weighted by Gasteiger charge is 2.27. The first-order chi connectivity index (χ1) is 13.1. The second-order valence-electron chi connectivity index (χ2n) is 7.60. The van der Waals surface area contributed by atoms with Gasteiger partial charge in [0.05, 0.1) is 12.5 Å². The van der Waals surface area contributed by atoms with Crippen LogP contribution in [0, 0.1) is 12.8 Å². The summed E-state index contributed by atoms with van der Waals surface area (Å²) >= 11 is 0. The number of nitrogens with zero attached hydrogens (tertiary/aromatic N) is 3. The number of benzene rings is 1. The van der Waals surface area contributed by atoms with Gasteiger partial charge in [0.15, 0.2) is 0 Å². The van der Waals surface area contributed by atoms with E-state index in [9.17, 15) is 4.79 Å². The summed E-state index contributed by atoms with van der Waals surface area (Å²) in [5, 5.41) is 7.28. The lowest BCUT2D eigenvalue weighted by Crippen LogP contribution is -2.45. The van der Waals surface area contributed by atoms with Crippen molar-refractivity contribution in [2.75, 3.05) is 13.1 Å². The maximum absolute atomic E-state index is 12.5. The van der Waals surface area contributed by atoms with Crippen LogP contribution >= 0.6 is 0 Å². The first-order valence-corrected chi connectivity index (χ1v) is 9.98. The number of rotatable bonds is 7. The Morgan fingerprint density at radius 2 is 2.22 bits per heavy atom. The summed E-state index contributed by atoms with van der Waals surface area (Å²) in [5.41, 5.74) is 2.12. The quantitative estimate of drug-likeness (QED) is 0.807. The van der Waals surface area contributed by atoms with Gasteiger partial charge in [-0.2, -0.15) is 4.98 Å². The number of amides is 1. The summed E-state index contributed by atoms with van der Waals surface area (Å²) in [6, 6.07) is 8.26. The van der Waals surface area contributed by atoms with Gasteiger partial charge in [-0.15, -0.1) is 0 Å². The number of aryl methyl sites for hydroxylation is 1. The van der Waals surface area contributed by atoms with Gasteiger partial charge in [-0.05, 0) is 45.2 Å². The molecule has 2 unspecified atom stereocenters. The molecule has 6 nitrogen and oxygen atoms in total. The average molecular weight is 370 g/mol. The Kier molecular flexibility index (Phi) is 6.61. The van der Waals surface area contributed by atoms with E-state index < -0.39 is 0 Å². The third kappa shape index (κ3) is 5.16. The summed E-state index contributed by atoms with van der Waals surface area (Å²) in [7, 11) is 0. The van der Waals surface area contributed by atoms with Gasteiger partial charge in [0, 0.05) is 18.2 Å². The van der Waals surface area contributed by atoms with Crippen LogP contribution in [0.25, 0.3) is 11.4 Å². The van der Waals surface area contributed by atoms with E-state index in [1.54, 1.807) is 0 Å². The number of hydrogen-bond acceptors (Lipinski definition) is 5. The molecule has 0 spiro atoms. The van der Waals surface area contributed by atoms with Gasteiger partial charge in [0.25, 0.3) is 0 Å². The van der Waals surface area contributed by atoms with Crippen molar-refractivity contribution in [3.8, 4) is 11.4 Å². The standard InChI is InChI=1S/C21H30N4O2/c1-4-8-16(3)22-21(26)17-10-7-12-25(13-17)14-19-23-20(24-27-19)18-11-6-5-9-15(18)2/h5-6,9,11,16-17H,4,7-8,10,12-14H2,1-3H3,(H,22,26). The minimum Gasteiger partial charge on any atom is -0.353 e. The van der Waals surface area contributed by atoms with Crippen molar-refractivity contribution in [3.63, 3.8) is 0 Å². The van der Waals surface area contributed by atoms with E-state index in [4.69, 9.17) is 4.52 Å². The third-order valence-corrected chi connectivity index (χ3v) is 5.20. The lowest BCUT2D eigenvalue weighted by molar-refractivity contribution is -0.127. The number of likely N-dealkylation sites (tertiary alicyclic amines) is 1. The van der Waals surface area contributed by atoms with Crippen molar-refractivity contribution in [1.29, 1.82) is 0 Å². The van der Waals surface area contributed by atoms with Crippen LogP contribution in [0.2, 0.25) is 0 Å². The molecule has 6 heteroatoms. The van der Waals surface area contributed by atoms with E-state index in [0.717, 1.165) is 49.9 Å². The lowest BCUT2D eigenvalue weighted by atomic mass is 9.96. The highest BCUT2D eigenvalue weighted by atomic mass is 16.5. The van der Waals surface area contributed by atoms with Gasteiger partial charge >= 0.3 is 0 Å². The summed E-state index contributed by atoms with van der Waals surface area (Å²) < 4.78 is 5.47. The molecule has 146 valence electrons. The molecule has 1 aromatic heterocycles. The van der Waals surface area contributed by atoms with Crippen molar-refractivity contribution in [2.24, 2.45) is 5.92 Å². The number of nitrogens with one attached hydrogen (secondary N) is 1. The van der Waals surface area contributed by atoms with Crippen molar-refractivity contribution in [1.82, 2.24) is 20.4 Å². The van der Waals surface area contributed by atoms with Crippen LogP contribution in [0.4, 0.5) is 0 Å². The molecule has 1 amide bonds. The first kappa shape index (κ1) is 19.5. The van der Waals surface area contributed by atoms with Crippen LogP contribution in [0.15, 0.2) is 28.8 Å². The minimum absolute atomic E-state index is 0.0387. The van der Waals surface area contributed by atoms with Crippen LogP contribution in [0.3, 0.4) is 0 Å². The van der Waals surface area contributed by atoms with E-state index in [2.05, 4.69) is 34.2 Å². The number of carbonyl (C=O) groups excluding carboxylic acids is 1. The Morgan fingerprint density at radius 3 is 3.00 bits per heavy atom. The Morgan fingerprint density at radius 1 is 1.41 bits per heavy atom. The van der Waals surface area contributed by atoms with E-state index >= 15 is 0 Å². The van der Waals surface area contributed by atoms with Gasteiger partial charge in [0.1, 0.15) is 0 Å². The second-order valence-corrected chi connectivity index (χ2v) is 7.60. The number of piperidine rings is 1. The molecule has 1 aromatic carbocycles. The van der Waals surface area contributed by atoms with Crippen LogP contribution in [0.1, 0.15) is 51.0 Å². The van der Waals surface area contributed by atoms with E-state index in [1.807, 2.05) is 31.2 Å². The average Bonchev–Trinajstić information content (AvgIpc) is 3.10. The zero-order valence-corrected chi connectivity index (χ0v) is 16.6. The molecule has 0 bridgehead atoms. The first-order valence-electron chi connectivity index (χ1n) is 9.98. The molecule has 1 saturated heterocycles. The molecule has 1 N–H and O–H groups in total. The monoisotopic (exact) mass is 370 g/mol. The van der Waals surface area contributed by atoms with E-state index in [1.165, 1.54) is 0 Å². The fourth-order valence-corrected chi connectivity index (χ4v) is 3.72. The number of hydrogen-bond donors (Lipinski definition) is 1. The molecule has 0 saturated carbocycles.